The van der Waals surface area contributed by atoms with Crippen LogP contribution >= 0.6 is 12.4 Å². The molecule has 0 bridgehead atoms. The van der Waals surface area contributed by atoms with Crippen molar-refractivity contribution in [3.63, 3.8) is 0 Å². The molecule has 0 aromatic carbocycles. The molecule has 1 saturated carbocycles. The van der Waals surface area contributed by atoms with E-state index in [0.29, 0.717) is 36.8 Å². The number of carbonyl (C=O) groups is 1. The number of rotatable bonds is 6. The summed E-state index contributed by atoms with van der Waals surface area (Å²) in [4.78, 5) is 15.0. The van der Waals surface area contributed by atoms with Crippen molar-refractivity contribution in [3.05, 3.63) is 11.9 Å². The molecule has 2 aliphatic rings. The molecule has 1 aromatic rings. The molecule has 1 saturated heterocycles. The lowest BCUT2D eigenvalue weighted by atomic mass is 9.92. The van der Waals surface area contributed by atoms with Crippen LogP contribution in [0.3, 0.4) is 0 Å². The molecule has 3 rings (SSSR count). The van der Waals surface area contributed by atoms with E-state index in [9.17, 15) is 4.79 Å². The van der Waals surface area contributed by atoms with Crippen molar-refractivity contribution in [1.29, 1.82) is 0 Å². The van der Waals surface area contributed by atoms with Gasteiger partial charge < -0.3 is 15.4 Å². The highest BCUT2D eigenvalue weighted by Crippen LogP contribution is 2.27. The van der Waals surface area contributed by atoms with Crippen LogP contribution in [0.15, 0.2) is 6.20 Å². The first-order valence-electron chi connectivity index (χ1n) is 10.6. The Morgan fingerprint density at radius 2 is 2.00 bits per heavy atom. The summed E-state index contributed by atoms with van der Waals surface area (Å²) in [7, 11) is 0. The number of aromatic nitrogens is 3. The van der Waals surface area contributed by atoms with E-state index in [0.717, 1.165) is 44.9 Å². The van der Waals surface area contributed by atoms with E-state index < -0.39 is 0 Å². The van der Waals surface area contributed by atoms with Gasteiger partial charge in [-0.25, -0.2) is 4.68 Å². The summed E-state index contributed by atoms with van der Waals surface area (Å²) in [6.07, 6.45) is 9.30. The molecule has 28 heavy (non-hydrogen) atoms. The van der Waals surface area contributed by atoms with Gasteiger partial charge in [-0.1, -0.05) is 38.8 Å². The quantitative estimate of drug-likeness (QED) is 0.773. The third-order valence-corrected chi connectivity index (χ3v) is 5.95. The maximum absolute atomic E-state index is 13.1. The minimum atomic E-state index is -0.0239. The van der Waals surface area contributed by atoms with Gasteiger partial charge in [-0.05, 0) is 38.0 Å². The first-order chi connectivity index (χ1) is 13.0. The summed E-state index contributed by atoms with van der Waals surface area (Å²) in [6, 6.07) is 0.608. The van der Waals surface area contributed by atoms with Crippen LogP contribution in [0, 0.1) is 5.92 Å². The van der Waals surface area contributed by atoms with Gasteiger partial charge in [-0.2, -0.15) is 0 Å². The Balaban J connectivity index is 0.00000280. The molecule has 1 amide bonds. The minimum Gasteiger partial charge on any atom is -0.371 e. The molecule has 2 fully saturated rings. The number of nitrogens with two attached hydrogens (primary N) is 1. The van der Waals surface area contributed by atoms with Gasteiger partial charge in [0, 0.05) is 19.1 Å². The van der Waals surface area contributed by atoms with E-state index in [1.165, 1.54) is 0 Å². The lowest BCUT2D eigenvalue weighted by Crippen LogP contribution is -2.51. The summed E-state index contributed by atoms with van der Waals surface area (Å²) < 4.78 is 8.10. The zero-order chi connectivity index (χ0) is 19.4. The van der Waals surface area contributed by atoms with Crippen LogP contribution in [0.4, 0.5) is 0 Å². The Hall–Kier alpha value is -1.18. The van der Waals surface area contributed by atoms with Crippen molar-refractivity contribution in [2.45, 2.75) is 90.0 Å². The molecule has 2 atom stereocenters. The highest BCUT2D eigenvalue weighted by Gasteiger charge is 2.33. The standard InChI is InChI=1S/C20H35N5O2.ClH/c1-4-5-6-17-11-24(13-19(27-17)14(2)3)20(26)18-12-25(23-22-18)16-9-7-15(21)8-10-16;/h12,14-17,19H,4-11,13,21H2,1-3H3;1H/t15?,16?,17-,19-;/m1./s1. The number of nitrogens with zero attached hydrogens (tertiary/aromatic N) is 4. The van der Waals surface area contributed by atoms with Crippen LogP contribution < -0.4 is 5.73 Å². The van der Waals surface area contributed by atoms with Crippen LogP contribution in [0.25, 0.3) is 0 Å². The number of hydrogen-bond donors (Lipinski definition) is 1. The molecule has 2 N–H and O–H groups in total. The lowest BCUT2D eigenvalue weighted by molar-refractivity contribution is -0.0963. The van der Waals surface area contributed by atoms with E-state index in [2.05, 4.69) is 31.1 Å². The second-order valence-electron chi connectivity index (χ2n) is 8.55. The summed E-state index contributed by atoms with van der Waals surface area (Å²) in [5.41, 5.74) is 6.44. The fraction of sp³-hybridized carbons (Fsp3) is 0.850. The molecule has 1 aliphatic heterocycles. The van der Waals surface area contributed by atoms with Gasteiger partial charge in [0.1, 0.15) is 0 Å². The fourth-order valence-electron chi connectivity index (χ4n) is 4.08. The first-order valence-corrected chi connectivity index (χ1v) is 10.6. The van der Waals surface area contributed by atoms with E-state index in [4.69, 9.17) is 10.5 Å². The van der Waals surface area contributed by atoms with Crippen LogP contribution in [-0.2, 0) is 4.74 Å². The molecule has 0 radical (unpaired) electrons. The van der Waals surface area contributed by atoms with Crippen LogP contribution in [0.5, 0.6) is 0 Å². The monoisotopic (exact) mass is 413 g/mol. The third kappa shape index (κ3) is 5.67. The van der Waals surface area contributed by atoms with Crippen molar-refractivity contribution >= 4 is 18.3 Å². The van der Waals surface area contributed by atoms with Crippen LogP contribution in [0.1, 0.15) is 82.2 Å². The average molecular weight is 414 g/mol. The summed E-state index contributed by atoms with van der Waals surface area (Å²) in [5, 5.41) is 8.44. The number of amides is 1. The van der Waals surface area contributed by atoms with E-state index in [1.807, 2.05) is 15.8 Å². The second kappa shape index (κ2) is 10.6. The Kier molecular flexibility index (Phi) is 8.71. The van der Waals surface area contributed by atoms with Crippen molar-refractivity contribution < 1.29 is 9.53 Å². The first kappa shape index (κ1) is 23.1. The van der Waals surface area contributed by atoms with E-state index in [1.54, 1.807) is 0 Å². The smallest absolute Gasteiger partial charge is 0.276 e. The third-order valence-electron chi connectivity index (χ3n) is 5.95. The Labute approximate surface area is 174 Å². The number of unbranched alkanes of at least 4 members (excludes halogenated alkanes) is 1. The van der Waals surface area contributed by atoms with Gasteiger partial charge in [-0.15, -0.1) is 17.5 Å². The van der Waals surface area contributed by atoms with Crippen LogP contribution in [-0.4, -0.2) is 57.1 Å². The highest BCUT2D eigenvalue weighted by atomic mass is 35.5. The molecular formula is C20H36ClN5O2. The van der Waals surface area contributed by atoms with Gasteiger partial charge >= 0.3 is 0 Å². The topological polar surface area (TPSA) is 86.3 Å². The second-order valence-corrected chi connectivity index (χ2v) is 8.55. The lowest BCUT2D eigenvalue weighted by Gasteiger charge is -2.39. The molecule has 8 heteroatoms. The van der Waals surface area contributed by atoms with Crippen LogP contribution in [0.2, 0.25) is 0 Å². The zero-order valence-electron chi connectivity index (χ0n) is 17.4. The largest absolute Gasteiger partial charge is 0.371 e. The maximum atomic E-state index is 13.1. The molecule has 0 spiro atoms. The Morgan fingerprint density at radius 3 is 2.64 bits per heavy atom. The normalized spacial score (nSPS) is 28.2. The number of hydrogen-bond acceptors (Lipinski definition) is 5. The molecule has 0 unspecified atom stereocenters. The number of ether oxygens (including phenoxy) is 1. The fourth-order valence-corrected chi connectivity index (χ4v) is 4.08. The van der Waals surface area contributed by atoms with Gasteiger partial charge in [0.25, 0.3) is 5.91 Å². The van der Waals surface area contributed by atoms with Gasteiger partial charge in [0.15, 0.2) is 5.69 Å². The van der Waals surface area contributed by atoms with Crippen molar-refractivity contribution in [1.82, 2.24) is 19.9 Å². The molecule has 2 heterocycles. The molecule has 1 aliphatic carbocycles. The van der Waals surface area contributed by atoms with Gasteiger partial charge in [-0.3, -0.25) is 4.79 Å². The number of halogens is 1. The molecule has 7 nitrogen and oxygen atoms in total. The minimum absolute atomic E-state index is 0. The van der Waals surface area contributed by atoms with E-state index in [-0.39, 0.29) is 30.5 Å². The van der Waals surface area contributed by atoms with Crippen molar-refractivity contribution in [2.75, 3.05) is 13.1 Å². The zero-order valence-corrected chi connectivity index (χ0v) is 18.2. The van der Waals surface area contributed by atoms with Gasteiger partial charge in [0.2, 0.25) is 0 Å². The van der Waals surface area contributed by atoms with Gasteiger partial charge in [0.05, 0.1) is 24.4 Å². The maximum Gasteiger partial charge on any atom is 0.276 e. The Bertz CT molecular complexity index is 615. The molecular weight excluding hydrogens is 378 g/mol. The molecule has 160 valence electrons. The predicted molar refractivity (Wildman–Crippen MR) is 112 cm³/mol. The highest BCUT2D eigenvalue weighted by molar-refractivity contribution is 5.92. The SMILES string of the molecule is CCCC[C@@H]1CN(C(=O)c2cn(C3CCC(N)CC3)nn2)C[C@H](C(C)C)O1.Cl. The summed E-state index contributed by atoms with van der Waals surface area (Å²) in [5.74, 6) is 0.357. The number of morpholine rings is 1. The average Bonchev–Trinajstić information content (AvgIpc) is 3.16. The molecule has 1 aromatic heterocycles. The predicted octanol–water partition coefficient (Wildman–Crippen LogP) is 3.20. The van der Waals surface area contributed by atoms with Crippen molar-refractivity contribution in [3.8, 4) is 0 Å². The van der Waals surface area contributed by atoms with E-state index >= 15 is 0 Å². The van der Waals surface area contributed by atoms with Crippen molar-refractivity contribution in [2.24, 2.45) is 11.7 Å². The number of carbonyl (C=O) groups excluding carboxylic acids is 1. The summed E-state index contributed by atoms with van der Waals surface area (Å²) in [6.45, 7) is 7.76. The summed E-state index contributed by atoms with van der Waals surface area (Å²) >= 11 is 0. The Morgan fingerprint density at radius 1 is 1.29 bits per heavy atom.